The van der Waals surface area contributed by atoms with E-state index in [1.54, 1.807) is 11.3 Å². The highest BCUT2D eigenvalue weighted by Crippen LogP contribution is 2.37. The zero-order chi connectivity index (χ0) is 22.7. The molecule has 3 aromatic rings. The molecular formula is C20H22N4O5S3. The third kappa shape index (κ3) is 4.53. The fraction of sp³-hybridized carbons (Fsp3) is 0.400. The largest absolute Gasteiger partial charge is 0.465 e. The van der Waals surface area contributed by atoms with Crippen LogP contribution in [-0.2, 0) is 26.5 Å². The molecule has 3 aromatic heterocycles. The van der Waals surface area contributed by atoms with Gasteiger partial charge < -0.3 is 19.9 Å². The summed E-state index contributed by atoms with van der Waals surface area (Å²) in [4.78, 5) is 25.9. The molecule has 32 heavy (non-hydrogen) atoms. The van der Waals surface area contributed by atoms with Crippen molar-refractivity contribution in [2.45, 2.75) is 36.4 Å². The van der Waals surface area contributed by atoms with Gasteiger partial charge in [-0.05, 0) is 24.3 Å². The van der Waals surface area contributed by atoms with E-state index in [9.17, 15) is 9.59 Å². The van der Waals surface area contributed by atoms with E-state index in [-0.39, 0.29) is 27.3 Å². The van der Waals surface area contributed by atoms with Crippen molar-refractivity contribution in [1.29, 1.82) is 0 Å². The fourth-order valence-electron chi connectivity index (χ4n) is 3.48. The van der Waals surface area contributed by atoms with Crippen LogP contribution >= 0.6 is 34.4 Å². The summed E-state index contributed by atoms with van der Waals surface area (Å²) in [5.74, 6) is -0.0993. The summed E-state index contributed by atoms with van der Waals surface area (Å²) in [5.41, 5.74) is 6.70. The summed E-state index contributed by atoms with van der Waals surface area (Å²) in [6, 6.07) is 3.97. The maximum absolute atomic E-state index is 12.3. The number of rotatable bonds is 8. The van der Waals surface area contributed by atoms with Gasteiger partial charge in [-0.1, -0.05) is 17.8 Å². The maximum Gasteiger partial charge on any atom is 0.348 e. The van der Waals surface area contributed by atoms with E-state index >= 15 is 0 Å². The van der Waals surface area contributed by atoms with Crippen LogP contribution in [0.15, 0.2) is 22.7 Å². The summed E-state index contributed by atoms with van der Waals surface area (Å²) in [6.07, 6.45) is 2.10. The first-order chi connectivity index (χ1) is 15.5. The number of nitrogens with two attached hydrogens (primary N) is 1. The third-order valence-corrected chi connectivity index (χ3v) is 7.91. The molecule has 0 radical (unpaired) electrons. The van der Waals surface area contributed by atoms with Crippen LogP contribution in [0, 0.1) is 0 Å². The molecule has 1 atom stereocenters. The molecule has 4 rings (SSSR count). The number of nitrogen functional groups attached to an aromatic ring is 1. The number of thioether (sulfide) groups is 1. The fourth-order valence-corrected chi connectivity index (χ4v) is 6.26. The average molecular weight is 495 g/mol. The van der Waals surface area contributed by atoms with Gasteiger partial charge in [-0.15, -0.1) is 32.9 Å². The number of esters is 2. The quantitative estimate of drug-likeness (QED) is 0.369. The molecule has 9 nitrogen and oxygen atoms in total. The molecule has 0 spiro atoms. The number of hydrogen-bond donors (Lipinski definition) is 1. The van der Waals surface area contributed by atoms with Gasteiger partial charge in [0, 0.05) is 17.9 Å². The van der Waals surface area contributed by atoms with Crippen LogP contribution in [0.5, 0.6) is 0 Å². The second-order valence-corrected chi connectivity index (χ2v) is 9.89. The van der Waals surface area contributed by atoms with Gasteiger partial charge in [0.25, 0.3) is 0 Å². The van der Waals surface area contributed by atoms with Crippen LogP contribution in [0.25, 0.3) is 10.7 Å². The normalized spacial score (nSPS) is 15.8. The van der Waals surface area contributed by atoms with E-state index in [4.69, 9.17) is 19.9 Å². The van der Waals surface area contributed by atoms with Crippen molar-refractivity contribution in [2.75, 3.05) is 26.6 Å². The van der Waals surface area contributed by atoms with Crippen LogP contribution in [0.2, 0.25) is 0 Å². The Hall–Kier alpha value is -2.41. The highest BCUT2D eigenvalue weighted by molar-refractivity contribution is 7.98. The Balaban J connectivity index is 1.66. The van der Waals surface area contributed by atoms with Gasteiger partial charge in [0.05, 0.1) is 37.3 Å². The van der Waals surface area contributed by atoms with Crippen molar-refractivity contribution in [2.24, 2.45) is 0 Å². The number of thiophene rings is 2. The molecule has 4 heterocycles. The molecule has 1 aliphatic rings. The van der Waals surface area contributed by atoms with Crippen molar-refractivity contribution < 1.29 is 23.8 Å². The lowest BCUT2D eigenvalue weighted by atomic mass is 10.1. The first-order valence-corrected chi connectivity index (χ1v) is 12.5. The monoisotopic (exact) mass is 494 g/mol. The number of carbonyl (C=O) groups is 2. The molecule has 2 N–H and O–H groups in total. The van der Waals surface area contributed by atoms with Gasteiger partial charge in [0.15, 0.2) is 11.0 Å². The number of methoxy groups -OCH3 is 2. The van der Waals surface area contributed by atoms with E-state index in [1.165, 1.54) is 26.0 Å². The molecule has 1 unspecified atom stereocenters. The number of carbonyl (C=O) groups excluding carboxylic acids is 2. The van der Waals surface area contributed by atoms with E-state index in [0.29, 0.717) is 17.3 Å². The third-order valence-electron chi connectivity index (χ3n) is 5.01. The molecule has 0 bridgehead atoms. The Bertz CT molecular complexity index is 1100. The molecule has 1 saturated heterocycles. The summed E-state index contributed by atoms with van der Waals surface area (Å²) in [6.45, 7) is 1.38. The van der Waals surface area contributed by atoms with E-state index < -0.39 is 11.9 Å². The zero-order valence-corrected chi connectivity index (χ0v) is 20.0. The van der Waals surface area contributed by atoms with Crippen molar-refractivity contribution in [3.05, 3.63) is 33.5 Å². The summed E-state index contributed by atoms with van der Waals surface area (Å²) < 4.78 is 17.6. The first-order valence-electron chi connectivity index (χ1n) is 9.82. The second-order valence-electron chi connectivity index (χ2n) is 6.95. The molecular weight excluding hydrogens is 472 g/mol. The van der Waals surface area contributed by atoms with Gasteiger partial charge in [-0.3, -0.25) is 4.57 Å². The molecule has 1 fully saturated rings. The lowest BCUT2D eigenvalue weighted by Gasteiger charge is -2.14. The standard InChI is InChI=1S/C20H22N4O5S3/c1-27-18(25)14-12(15(19(26)28-2)32-16(14)21)10-31-20-23-22-17(13-6-4-8-30-13)24(20)9-11-5-3-7-29-11/h4,6,8,11H,3,5,7,9-10,21H2,1-2H3. The predicted octanol–water partition coefficient (Wildman–Crippen LogP) is 3.69. The van der Waals surface area contributed by atoms with Crippen molar-refractivity contribution in [3.63, 3.8) is 0 Å². The number of nitrogens with zero attached hydrogens (tertiary/aromatic N) is 3. The van der Waals surface area contributed by atoms with Gasteiger partial charge in [-0.25, -0.2) is 9.59 Å². The molecule has 12 heteroatoms. The highest BCUT2D eigenvalue weighted by atomic mass is 32.2. The summed E-state index contributed by atoms with van der Waals surface area (Å²) in [7, 11) is 2.57. The molecule has 0 aliphatic carbocycles. The molecule has 0 saturated carbocycles. The molecule has 1 aliphatic heterocycles. The summed E-state index contributed by atoms with van der Waals surface area (Å²) >= 11 is 3.97. The second kappa shape index (κ2) is 10.0. The Morgan fingerprint density at radius 1 is 1.31 bits per heavy atom. The maximum atomic E-state index is 12.3. The Morgan fingerprint density at radius 3 is 2.78 bits per heavy atom. The van der Waals surface area contributed by atoms with Crippen molar-refractivity contribution in [3.8, 4) is 10.7 Å². The molecule has 0 aromatic carbocycles. The molecule has 0 amide bonds. The highest BCUT2D eigenvalue weighted by Gasteiger charge is 2.28. The summed E-state index contributed by atoms with van der Waals surface area (Å²) in [5, 5.41) is 11.7. The first kappa shape index (κ1) is 22.8. The smallest absolute Gasteiger partial charge is 0.348 e. The number of ether oxygens (including phenoxy) is 3. The SMILES string of the molecule is COC(=O)c1sc(N)c(C(=O)OC)c1CSc1nnc(-c2cccs2)n1CC1CCCO1. The minimum Gasteiger partial charge on any atom is -0.465 e. The minimum absolute atomic E-state index is 0.0946. The van der Waals surface area contributed by atoms with Crippen LogP contribution in [0.1, 0.15) is 38.4 Å². The van der Waals surface area contributed by atoms with E-state index in [1.807, 2.05) is 22.1 Å². The van der Waals surface area contributed by atoms with Gasteiger partial charge in [-0.2, -0.15) is 0 Å². The lowest BCUT2D eigenvalue weighted by molar-refractivity contribution is 0.0601. The Morgan fingerprint density at radius 2 is 2.12 bits per heavy atom. The van der Waals surface area contributed by atoms with Crippen molar-refractivity contribution in [1.82, 2.24) is 14.8 Å². The van der Waals surface area contributed by atoms with Gasteiger partial charge >= 0.3 is 11.9 Å². The lowest BCUT2D eigenvalue weighted by Crippen LogP contribution is -2.16. The van der Waals surface area contributed by atoms with Crippen molar-refractivity contribution >= 4 is 51.4 Å². The van der Waals surface area contributed by atoms with Gasteiger partial charge in [0.1, 0.15) is 9.88 Å². The average Bonchev–Trinajstić information content (AvgIpc) is 3.59. The predicted molar refractivity (Wildman–Crippen MR) is 123 cm³/mol. The van der Waals surface area contributed by atoms with Crippen LogP contribution in [0.3, 0.4) is 0 Å². The van der Waals surface area contributed by atoms with Crippen LogP contribution in [-0.4, -0.2) is 53.6 Å². The molecule has 170 valence electrons. The number of anilines is 1. The zero-order valence-electron chi connectivity index (χ0n) is 17.5. The number of aromatic nitrogens is 3. The Kier molecular flexibility index (Phi) is 7.13. The van der Waals surface area contributed by atoms with Crippen LogP contribution in [0.4, 0.5) is 5.00 Å². The Labute approximate surface area is 196 Å². The topological polar surface area (TPSA) is 119 Å². The van der Waals surface area contributed by atoms with E-state index in [0.717, 1.165) is 41.5 Å². The van der Waals surface area contributed by atoms with Crippen LogP contribution < -0.4 is 5.73 Å². The number of hydrogen-bond acceptors (Lipinski definition) is 11. The van der Waals surface area contributed by atoms with E-state index in [2.05, 4.69) is 10.2 Å². The minimum atomic E-state index is -0.593. The van der Waals surface area contributed by atoms with Gasteiger partial charge in [0.2, 0.25) is 0 Å².